The summed E-state index contributed by atoms with van der Waals surface area (Å²) in [6.07, 6.45) is 3.07. The van der Waals surface area contributed by atoms with Gasteiger partial charge in [-0.15, -0.1) is 0 Å². The minimum absolute atomic E-state index is 0.152. The Morgan fingerprint density at radius 3 is 2.96 bits per heavy atom. The van der Waals surface area contributed by atoms with Crippen molar-refractivity contribution in [2.24, 2.45) is 7.05 Å². The molecule has 0 aliphatic heterocycles. The molecule has 0 aliphatic carbocycles. The maximum atomic E-state index is 12.3. The predicted octanol–water partition coefficient (Wildman–Crippen LogP) is 2.12. The van der Waals surface area contributed by atoms with Crippen LogP contribution in [0.5, 0.6) is 0 Å². The van der Waals surface area contributed by atoms with E-state index in [9.17, 15) is 9.59 Å². The molecule has 1 amide bonds. The van der Waals surface area contributed by atoms with Gasteiger partial charge in [-0.05, 0) is 24.6 Å². The van der Waals surface area contributed by atoms with Crippen LogP contribution in [0.4, 0.5) is 5.69 Å². The number of hydrogen-bond donors (Lipinski definition) is 1. The number of nitrogens with one attached hydrogen (secondary N) is 1. The third-order valence-corrected chi connectivity index (χ3v) is 4.25. The van der Waals surface area contributed by atoms with Crippen LogP contribution in [0, 0.1) is 6.92 Å². The number of halogens is 1. The summed E-state index contributed by atoms with van der Waals surface area (Å²) in [5, 5.41) is 7.85. The lowest BCUT2D eigenvalue weighted by Crippen LogP contribution is -2.23. The Morgan fingerprint density at radius 2 is 2.17 bits per heavy atom. The van der Waals surface area contributed by atoms with Crippen LogP contribution in [0.15, 0.2) is 35.5 Å². The maximum absolute atomic E-state index is 12.3. The Balaban J connectivity index is 1.71. The Kier molecular flexibility index (Phi) is 4.35. The number of nitrogens with zero attached hydrogens (tertiary/aromatic N) is 4. The molecular weight excluding hydrogens is 330 g/mol. The molecule has 0 fully saturated rings. The number of benzene rings is 1. The van der Waals surface area contributed by atoms with E-state index >= 15 is 0 Å². The van der Waals surface area contributed by atoms with Crippen molar-refractivity contribution >= 4 is 34.2 Å². The monoisotopic (exact) mass is 345 g/mol. The third-order valence-electron chi connectivity index (χ3n) is 3.84. The molecule has 2 aromatic heterocycles. The SMILES string of the molecule is Cc1c(Cl)cccc1NC(=O)CCn1cnc2c(cnn2C)c1=O. The van der Waals surface area contributed by atoms with Crippen molar-refractivity contribution in [1.29, 1.82) is 0 Å². The molecule has 24 heavy (non-hydrogen) atoms. The molecule has 0 unspecified atom stereocenters. The highest BCUT2D eigenvalue weighted by Gasteiger charge is 2.10. The van der Waals surface area contributed by atoms with Gasteiger partial charge in [0.1, 0.15) is 5.39 Å². The van der Waals surface area contributed by atoms with Crippen molar-refractivity contribution in [3.8, 4) is 0 Å². The highest BCUT2D eigenvalue weighted by Crippen LogP contribution is 2.22. The van der Waals surface area contributed by atoms with Gasteiger partial charge in [-0.2, -0.15) is 5.10 Å². The normalized spacial score (nSPS) is 11.0. The van der Waals surface area contributed by atoms with Gasteiger partial charge in [0.15, 0.2) is 5.65 Å². The van der Waals surface area contributed by atoms with E-state index in [1.165, 1.54) is 21.8 Å². The van der Waals surface area contributed by atoms with Crippen molar-refractivity contribution < 1.29 is 4.79 Å². The number of carbonyl (C=O) groups is 1. The summed E-state index contributed by atoms with van der Waals surface area (Å²) in [6.45, 7) is 2.07. The van der Waals surface area contributed by atoms with Crippen molar-refractivity contribution in [3.05, 3.63) is 51.7 Å². The molecule has 124 valence electrons. The Morgan fingerprint density at radius 1 is 1.38 bits per heavy atom. The molecule has 0 aliphatic rings. The second kappa shape index (κ2) is 6.45. The molecule has 7 nitrogen and oxygen atoms in total. The van der Waals surface area contributed by atoms with Crippen LogP contribution in [-0.4, -0.2) is 25.2 Å². The highest BCUT2D eigenvalue weighted by molar-refractivity contribution is 6.31. The molecule has 0 spiro atoms. The topological polar surface area (TPSA) is 81.8 Å². The summed E-state index contributed by atoms with van der Waals surface area (Å²) < 4.78 is 2.95. The number of aromatic nitrogens is 4. The summed E-state index contributed by atoms with van der Waals surface area (Å²) in [5.41, 5.74) is 1.79. The minimum atomic E-state index is -0.208. The lowest BCUT2D eigenvalue weighted by atomic mass is 10.2. The molecular formula is C16H16ClN5O2. The average Bonchev–Trinajstić information content (AvgIpc) is 2.93. The average molecular weight is 346 g/mol. The summed E-state index contributed by atoms with van der Waals surface area (Å²) in [6, 6.07) is 5.32. The van der Waals surface area contributed by atoms with E-state index in [0.717, 1.165) is 5.56 Å². The predicted molar refractivity (Wildman–Crippen MR) is 92.2 cm³/mol. The van der Waals surface area contributed by atoms with Gasteiger partial charge in [-0.3, -0.25) is 18.8 Å². The summed E-state index contributed by atoms with van der Waals surface area (Å²) in [7, 11) is 1.72. The zero-order valence-electron chi connectivity index (χ0n) is 13.3. The lowest BCUT2D eigenvalue weighted by Gasteiger charge is -2.10. The molecule has 0 saturated heterocycles. The Bertz CT molecular complexity index is 976. The molecule has 1 N–H and O–H groups in total. The molecule has 0 bridgehead atoms. The quantitative estimate of drug-likeness (QED) is 0.785. The van der Waals surface area contributed by atoms with Gasteiger partial charge >= 0.3 is 0 Å². The summed E-state index contributed by atoms with van der Waals surface area (Å²) in [5.74, 6) is -0.196. The van der Waals surface area contributed by atoms with E-state index in [1.807, 2.05) is 6.92 Å². The van der Waals surface area contributed by atoms with Crippen molar-refractivity contribution in [1.82, 2.24) is 19.3 Å². The number of fused-ring (bicyclic) bond motifs is 1. The molecule has 1 aromatic carbocycles. The van der Waals surface area contributed by atoms with Crippen LogP contribution in [0.25, 0.3) is 11.0 Å². The number of anilines is 1. The van der Waals surface area contributed by atoms with Crippen molar-refractivity contribution in [3.63, 3.8) is 0 Å². The molecule has 2 heterocycles. The van der Waals surface area contributed by atoms with Crippen LogP contribution in [0.1, 0.15) is 12.0 Å². The molecule has 8 heteroatoms. The Hall–Kier alpha value is -2.67. The van der Waals surface area contributed by atoms with E-state index in [0.29, 0.717) is 21.7 Å². The van der Waals surface area contributed by atoms with E-state index in [2.05, 4.69) is 15.4 Å². The van der Waals surface area contributed by atoms with Crippen molar-refractivity contribution in [2.75, 3.05) is 5.32 Å². The smallest absolute Gasteiger partial charge is 0.264 e. The lowest BCUT2D eigenvalue weighted by molar-refractivity contribution is -0.116. The molecule has 3 rings (SSSR count). The standard InChI is InChI=1S/C16H16ClN5O2/c1-10-12(17)4-3-5-13(10)20-14(23)6-7-22-9-18-15-11(16(22)24)8-19-21(15)2/h3-5,8-9H,6-7H2,1-2H3,(H,20,23). The third kappa shape index (κ3) is 3.03. The first kappa shape index (κ1) is 16.2. The van der Waals surface area contributed by atoms with Crippen LogP contribution in [-0.2, 0) is 18.4 Å². The summed E-state index contributed by atoms with van der Waals surface area (Å²) >= 11 is 6.04. The first-order chi connectivity index (χ1) is 11.5. The van der Waals surface area contributed by atoms with Gasteiger partial charge in [0.05, 0.1) is 12.5 Å². The van der Waals surface area contributed by atoms with E-state index in [1.54, 1.807) is 25.2 Å². The van der Waals surface area contributed by atoms with E-state index in [4.69, 9.17) is 11.6 Å². The van der Waals surface area contributed by atoms with Gasteiger partial charge in [-0.25, -0.2) is 4.98 Å². The second-order valence-corrected chi connectivity index (χ2v) is 5.87. The molecule has 0 atom stereocenters. The number of hydrogen-bond acceptors (Lipinski definition) is 4. The maximum Gasteiger partial charge on any atom is 0.264 e. The first-order valence-electron chi connectivity index (χ1n) is 7.39. The number of aryl methyl sites for hydroxylation is 2. The zero-order valence-corrected chi connectivity index (χ0v) is 14.0. The molecule has 3 aromatic rings. The van der Waals surface area contributed by atoms with E-state index in [-0.39, 0.29) is 24.4 Å². The first-order valence-corrected chi connectivity index (χ1v) is 7.77. The highest BCUT2D eigenvalue weighted by atomic mass is 35.5. The van der Waals surface area contributed by atoms with Crippen molar-refractivity contribution in [2.45, 2.75) is 19.9 Å². The van der Waals surface area contributed by atoms with Gasteiger partial charge in [0, 0.05) is 30.7 Å². The van der Waals surface area contributed by atoms with Gasteiger partial charge in [0.25, 0.3) is 5.56 Å². The van der Waals surface area contributed by atoms with Gasteiger partial charge < -0.3 is 5.32 Å². The van der Waals surface area contributed by atoms with Gasteiger partial charge in [0.2, 0.25) is 5.91 Å². The van der Waals surface area contributed by atoms with Crippen LogP contribution >= 0.6 is 11.6 Å². The number of rotatable bonds is 4. The fraction of sp³-hybridized carbons (Fsp3) is 0.250. The second-order valence-electron chi connectivity index (χ2n) is 5.46. The van der Waals surface area contributed by atoms with Crippen LogP contribution < -0.4 is 10.9 Å². The molecule has 0 radical (unpaired) electrons. The fourth-order valence-corrected chi connectivity index (χ4v) is 2.58. The van der Waals surface area contributed by atoms with Crippen LogP contribution in [0.3, 0.4) is 0 Å². The summed E-state index contributed by atoms with van der Waals surface area (Å²) in [4.78, 5) is 28.7. The van der Waals surface area contributed by atoms with E-state index < -0.39 is 0 Å². The number of carbonyl (C=O) groups excluding carboxylic acids is 1. The fourth-order valence-electron chi connectivity index (χ4n) is 2.40. The largest absolute Gasteiger partial charge is 0.326 e. The zero-order chi connectivity index (χ0) is 17.3. The number of amides is 1. The van der Waals surface area contributed by atoms with Gasteiger partial charge in [-0.1, -0.05) is 17.7 Å². The Labute approximate surface area is 142 Å². The molecule has 0 saturated carbocycles. The van der Waals surface area contributed by atoms with Crippen LogP contribution in [0.2, 0.25) is 5.02 Å². The minimum Gasteiger partial charge on any atom is -0.326 e.